The lowest BCUT2D eigenvalue weighted by atomic mass is 10.2. The summed E-state index contributed by atoms with van der Waals surface area (Å²) in [4.78, 5) is 38.1. The second-order valence-corrected chi connectivity index (χ2v) is 7.02. The van der Waals surface area contributed by atoms with E-state index in [0.717, 1.165) is 12.1 Å². The Kier molecular flexibility index (Phi) is 6.79. The number of carbonyl (C=O) groups is 3. The van der Waals surface area contributed by atoms with Crippen molar-refractivity contribution in [3.63, 3.8) is 0 Å². The highest BCUT2D eigenvalue weighted by Crippen LogP contribution is 2.35. The van der Waals surface area contributed by atoms with Gasteiger partial charge in [-0.3, -0.25) is 14.4 Å². The molecule has 1 heterocycles. The number of hydrogen-bond acceptors (Lipinski definition) is 5. The number of benzene rings is 2. The zero-order chi connectivity index (χ0) is 21.7. The second kappa shape index (κ2) is 9.49. The predicted molar refractivity (Wildman–Crippen MR) is 114 cm³/mol. The molecule has 1 aliphatic rings. The van der Waals surface area contributed by atoms with Gasteiger partial charge in [0.25, 0.3) is 5.91 Å². The third kappa shape index (κ3) is 4.83. The number of ether oxygens (including phenoxy) is 2. The van der Waals surface area contributed by atoms with Crippen LogP contribution in [0.25, 0.3) is 0 Å². The van der Waals surface area contributed by atoms with Gasteiger partial charge in [-0.25, -0.2) is 0 Å². The molecule has 0 spiro atoms. The van der Waals surface area contributed by atoms with E-state index in [1.54, 1.807) is 35.2 Å². The van der Waals surface area contributed by atoms with Crippen LogP contribution in [0.2, 0.25) is 5.02 Å². The van der Waals surface area contributed by atoms with Crippen molar-refractivity contribution < 1.29 is 23.9 Å². The number of anilines is 2. The van der Waals surface area contributed by atoms with Gasteiger partial charge in [-0.05, 0) is 36.8 Å². The summed E-state index contributed by atoms with van der Waals surface area (Å²) < 4.78 is 10.3. The zero-order valence-corrected chi connectivity index (χ0v) is 17.4. The summed E-state index contributed by atoms with van der Waals surface area (Å²) in [6.07, 6.45) is 1.38. The third-order valence-corrected chi connectivity index (χ3v) is 4.97. The average molecular weight is 432 g/mol. The standard InChI is InChI=1S/C21H22ClN3O5/c1-29-17-11-18(30-2)16(10-15(17)22)24-19(26)12-23-21(28)13-5-7-14(8-6-13)25-9-3-4-20(25)27/h5-8,10-11H,3-4,9,12H2,1-2H3,(H,23,28)(H,24,26). The molecule has 1 fully saturated rings. The van der Waals surface area contributed by atoms with Gasteiger partial charge in [-0.1, -0.05) is 11.6 Å². The summed E-state index contributed by atoms with van der Waals surface area (Å²) in [6.45, 7) is 0.446. The minimum atomic E-state index is -0.442. The molecule has 2 aromatic rings. The highest BCUT2D eigenvalue weighted by Gasteiger charge is 2.21. The topological polar surface area (TPSA) is 97.0 Å². The second-order valence-electron chi connectivity index (χ2n) is 6.61. The molecule has 9 heteroatoms. The van der Waals surface area contributed by atoms with Crippen molar-refractivity contribution >= 4 is 40.7 Å². The van der Waals surface area contributed by atoms with E-state index >= 15 is 0 Å². The number of hydrogen-bond donors (Lipinski definition) is 2. The summed E-state index contributed by atoms with van der Waals surface area (Å²) >= 11 is 6.09. The zero-order valence-electron chi connectivity index (χ0n) is 16.7. The molecule has 8 nitrogen and oxygen atoms in total. The molecule has 2 aromatic carbocycles. The maximum Gasteiger partial charge on any atom is 0.251 e. The van der Waals surface area contributed by atoms with Gasteiger partial charge in [-0.2, -0.15) is 0 Å². The van der Waals surface area contributed by atoms with Gasteiger partial charge in [0.05, 0.1) is 31.5 Å². The smallest absolute Gasteiger partial charge is 0.251 e. The first-order valence-electron chi connectivity index (χ1n) is 9.33. The van der Waals surface area contributed by atoms with Crippen molar-refractivity contribution in [1.82, 2.24) is 5.32 Å². The molecule has 30 heavy (non-hydrogen) atoms. The number of carbonyl (C=O) groups excluding carboxylic acids is 3. The first-order valence-corrected chi connectivity index (χ1v) is 9.70. The van der Waals surface area contributed by atoms with E-state index in [1.807, 2.05) is 0 Å². The van der Waals surface area contributed by atoms with Crippen molar-refractivity contribution in [3.05, 3.63) is 47.0 Å². The predicted octanol–water partition coefficient (Wildman–Crippen LogP) is 2.85. The van der Waals surface area contributed by atoms with Crippen LogP contribution in [0.15, 0.2) is 36.4 Å². The van der Waals surface area contributed by atoms with Crippen LogP contribution in [-0.4, -0.2) is 45.0 Å². The summed E-state index contributed by atoms with van der Waals surface area (Å²) in [7, 11) is 2.93. The van der Waals surface area contributed by atoms with Gasteiger partial charge < -0.3 is 25.0 Å². The molecule has 2 N–H and O–H groups in total. The van der Waals surface area contributed by atoms with E-state index in [-0.39, 0.29) is 12.5 Å². The minimum absolute atomic E-state index is 0.0814. The van der Waals surface area contributed by atoms with Crippen LogP contribution in [0.3, 0.4) is 0 Å². The molecule has 0 unspecified atom stereocenters. The van der Waals surface area contributed by atoms with Gasteiger partial charge in [0.2, 0.25) is 11.8 Å². The Morgan fingerprint density at radius 2 is 1.80 bits per heavy atom. The highest BCUT2D eigenvalue weighted by atomic mass is 35.5. The Bertz CT molecular complexity index is 962. The monoisotopic (exact) mass is 431 g/mol. The minimum Gasteiger partial charge on any atom is -0.495 e. The molecule has 1 saturated heterocycles. The van der Waals surface area contributed by atoms with Crippen LogP contribution in [0.1, 0.15) is 23.2 Å². The van der Waals surface area contributed by atoms with E-state index in [9.17, 15) is 14.4 Å². The van der Waals surface area contributed by atoms with Crippen molar-refractivity contribution in [1.29, 1.82) is 0 Å². The first-order chi connectivity index (χ1) is 14.4. The van der Waals surface area contributed by atoms with Crippen molar-refractivity contribution in [3.8, 4) is 11.5 Å². The van der Waals surface area contributed by atoms with Gasteiger partial charge in [-0.15, -0.1) is 0 Å². The summed E-state index contributed by atoms with van der Waals surface area (Å²) in [5.41, 5.74) is 1.51. The number of methoxy groups -OCH3 is 2. The van der Waals surface area contributed by atoms with E-state index in [4.69, 9.17) is 21.1 Å². The molecule has 0 aromatic heterocycles. The number of rotatable bonds is 7. The van der Waals surface area contributed by atoms with Gasteiger partial charge in [0, 0.05) is 30.3 Å². The fraction of sp³-hybridized carbons (Fsp3) is 0.286. The van der Waals surface area contributed by atoms with E-state index in [1.165, 1.54) is 20.3 Å². The highest BCUT2D eigenvalue weighted by molar-refractivity contribution is 6.32. The largest absolute Gasteiger partial charge is 0.495 e. The maximum absolute atomic E-state index is 12.3. The van der Waals surface area contributed by atoms with E-state index in [0.29, 0.717) is 40.7 Å². The molecule has 0 bridgehead atoms. The van der Waals surface area contributed by atoms with E-state index < -0.39 is 11.8 Å². The number of nitrogens with one attached hydrogen (secondary N) is 2. The van der Waals surface area contributed by atoms with Crippen molar-refractivity contribution in [2.45, 2.75) is 12.8 Å². The molecule has 0 radical (unpaired) electrons. The van der Waals surface area contributed by atoms with Crippen LogP contribution in [0, 0.1) is 0 Å². The molecule has 1 aliphatic heterocycles. The van der Waals surface area contributed by atoms with Crippen LogP contribution >= 0.6 is 11.6 Å². The van der Waals surface area contributed by atoms with Crippen molar-refractivity contribution in [2.24, 2.45) is 0 Å². The van der Waals surface area contributed by atoms with Crippen LogP contribution in [0.4, 0.5) is 11.4 Å². The lowest BCUT2D eigenvalue weighted by Gasteiger charge is -2.16. The molecule has 158 valence electrons. The molecule has 3 rings (SSSR count). The van der Waals surface area contributed by atoms with Crippen LogP contribution in [0.5, 0.6) is 11.5 Å². The van der Waals surface area contributed by atoms with Crippen molar-refractivity contribution in [2.75, 3.05) is 37.5 Å². The fourth-order valence-electron chi connectivity index (χ4n) is 3.13. The van der Waals surface area contributed by atoms with Crippen LogP contribution < -0.4 is 25.0 Å². The Hall–Kier alpha value is -3.26. The number of nitrogens with zero attached hydrogens (tertiary/aromatic N) is 1. The lowest BCUT2D eigenvalue weighted by molar-refractivity contribution is -0.117. The molecule has 3 amide bonds. The molecular formula is C21H22ClN3O5. The Morgan fingerprint density at radius 3 is 2.40 bits per heavy atom. The van der Waals surface area contributed by atoms with Gasteiger partial charge in [0.1, 0.15) is 11.5 Å². The Morgan fingerprint density at radius 1 is 1.10 bits per heavy atom. The SMILES string of the molecule is COc1cc(OC)c(NC(=O)CNC(=O)c2ccc(N3CCCC3=O)cc2)cc1Cl. The summed E-state index contributed by atoms with van der Waals surface area (Å²) in [6, 6.07) is 9.77. The summed E-state index contributed by atoms with van der Waals surface area (Å²) in [5, 5.41) is 5.52. The molecule has 0 saturated carbocycles. The molecule has 0 atom stereocenters. The number of amides is 3. The van der Waals surface area contributed by atoms with Gasteiger partial charge >= 0.3 is 0 Å². The average Bonchev–Trinajstić information content (AvgIpc) is 3.18. The Balaban J connectivity index is 1.57. The maximum atomic E-state index is 12.3. The fourth-order valence-corrected chi connectivity index (χ4v) is 3.37. The molecular weight excluding hydrogens is 410 g/mol. The lowest BCUT2D eigenvalue weighted by Crippen LogP contribution is -2.33. The quantitative estimate of drug-likeness (QED) is 0.702. The van der Waals surface area contributed by atoms with Gasteiger partial charge in [0.15, 0.2) is 0 Å². The Labute approximate surface area is 179 Å². The number of halogens is 1. The molecule has 0 aliphatic carbocycles. The summed E-state index contributed by atoms with van der Waals surface area (Å²) in [5.74, 6) is 0.0335. The third-order valence-electron chi connectivity index (χ3n) is 4.67. The first kappa shape index (κ1) is 21.4. The van der Waals surface area contributed by atoms with Crippen LogP contribution in [-0.2, 0) is 9.59 Å². The van der Waals surface area contributed by atoms with E-state index in [2.05, 4.69) is 10.6 Å². The normalized spacial score (nSPS) is 13.2.